The van der Waals surface area contributed by atoms with Gasteiger partial charge >= 0.3 is 0 Å². The van der Waals surface area contributed by atoms with Crippen molar-refractivity contribution in [3.8, 4) is 23.0 Å². The summed E-state index contributed by atoms with van der Waals surface area (Å²) in [5.74, 6) is 7.59. The Hall–Kier alpha value is -4.45. The van der Waals surface area contributed by atoms with E-state index in [-0.39, 0.29) is 11.5 Å². The Bertz CT molecular complexity index is 2060. The molecule has 0 bridgehead atoms. The largest absolute Gasteiger partial charge is 0.343 e. The number of amides is 1. The van der Waals surface area contributed by atoms with Gasteiger partial charge in [0.25, 0.3) is 0 Å². The molecule has 1 aliphatic rings. The van der Waals surface area contributed by atoms with Crippen molar-refractivity contribution in [1.29, 1.82) is 0 Å². The lowest BCUT2D eigenvalue weighted by atomic mass is 9.80. The SMILES string of the molecule is C=C(C)C#CCN(C)C.C=CCCC(C)(C)Cc1c(C(/C=C\CC)=C(/C)CC)n(C)c2ccc(-c3cccc(CC(C=C)N(C=O)N4CCCCN4)c3)cc12.CCCC(C)CC.CNCC(C)C. The molecule has 0 radical (unpaired) electrons. The van der Waals surface area contributed by atoms with Crippen LogP contribution in [0.5, 0.6) is 0 Å². The summed E-state index contributed by atoms with van der Waals surface area (Å²) in [5, 5.41) is 8.10. The molecule has 1 aliphatic heterocycles. The van der Waals surface area contributed by atoms with Crippen LogP contribution >= 0.6 is 0 Å². The molecule has 378 valence electrons. The minimum atomic E-state index is -0.134. The van der Waals surface area contributed by atoms with E-state index in [2.05, 4.69) is 178 Å². The second kappa shape index (κ2) is 33.9. The zero-order valence-corrected chi connectivity index (χ0v) is 46.1. The molecule has 2 N–H and O–H groups in total. The van der Waals surface area contributed by atoms with E-state index in [9.17, 15) is 4.79 Å². The summed E-state index contributed by atoms with van der Waals surface area (Å²) in [7, 11) is 8.19. The molecule has 0 aliphatic carbocycles. The van der Waals surface area contributed by atoms with Crippen molar-refractivity contribution in [1.82, 2.24) is 30.3 Å². The molecule has 1 fully saturated rings. The monoisotopic (exact) mass is 931 g/mol. The van der Waals surface area contributed by atoms with Crippen LogP contribution in [-0.2, 0) is 24.7 Å². The molecule has 7 heteroatoms. The molecular weight excluding hydrogens is 833 g/mol. The second-order valence-corrected chi connectivity index (χ2v) is 20.1. The zero-order valence-electron chi connectivity index (χ0n) is 46.1. The molecular formula is C61H98N6O. The van der Waals surface area contributed by atoms with Gasteiger partial charge in [-0.3, -0.25) is 14.7 Å². The van der Waals surface area contributed by atoms with Crippen LogP contribution in [-0.4, -0.2) is 79.4 Å². The number of benzene rings is 2. The standard InChI is InChI=1S/C41H56N4O.C8H13N.C7H16.C5H13N/c1-9-13-20-36(31(5)11-3)40-38(29-41(6,7)23-14-10-2)37-28-34(21-22-39(37)43(40)8)33-19-17-18-32(26-33)27-35(12-4)44(30-46)45-25-16-15-24-42-45;1-8(2)6-5-7-9(3)4;1-4-6-7(3)5-2;1-5(2)4-6-3/h10,12-13,17-22,26,28,30,35,42H,2,4,9,11,14-16,23-25,27,29H2,1,3,5-8H3;1,7H2,2-4H3;7H,4-6H2,1-3H3;5-6H,4H2,1-3H3/b20-13-,36-31-;;;. The summed E-state index contributed by atoms with van der Waals surface area (Å²) >= 11 is 0. The van der Waals surface area contributed by atoms with Crippen LogP contribution < -0.4 is 10.7 Å². The first-order chi connectivity index (χ1) is 32.4. The molecule has 1 amide bonds. The van der Waals surface area contributed by atoms with Gasteiger partial charge in [-0.15, -0.1) is 13.2 Å². The number of carbonyl (C=O) groups excluding carboxylic acids is 1. The average Bonchev–Trinajstić information content (AvgIpc) is 3.57. The van der Waals surface area contributed by atoms with Crippen molar-refractivity contribution in [3.05, 3.63) is 114 Å². The molecule has 2 atom stereocenters. The van der Waals surface area contributed by atoms with Gasteiger partial charge in [-0.25, -0.2) is 5.43 Å². The van der Waals surface area contributed by atoms with Gasteiger partial charge in [0.05, 0.1) is 18.3 Å². The number of nitrogens with zero attached hydrogens (tertiary/aromatic N) is 4. The number of rotatable bonds is 22. The lowest BCUT2D eigenvalue weighted by molar-refractivity contribution is -0.149. The van der Waals surface area contributed by atoms with E-state index in [1.54, 1.807) is 5.01 Å². The average molecular weight is 931 g/mol. The highest BCUT2D eigenvalue weighted by molar-refractivity contribution is 5.95. The molecule has 2 aromatic carbocycles. The lowest BCUT2D eigenvalue weighted by Gasteiger charge is -2.39. The Morgan fingerprint density at radius 2 is 1.72 bits per heavy atom. The highest BCUT2D eigenvalue weighted by Crippen LogP contribution is 2.40. The molecule has 0 saturated carbocycles. The van der Waals surface area contributed by atoms with Gasteiger partial charge < -0.3 is 9.88 Å². The minimum Gasteiger partial charge on any atom is -0.343 e. The van der Waals surface area contributed by atoms with Crippen molar-refractivity contribution >= 4 is 22.9 Å². The Morgan fingerprint density at radius 3 is 2.22 bits per heavy atom. The molecule has 68 heavy (non-hydrogen) atoms. The van der Waals surface area contributed by atoms with E-state index in [1.807, 2.05) is 50.2 Å². The smallest absolute Gasteiger partial charge is 0.225 e. The fourth-order valence-corrected chi connectivity index (χ4v) is 8.17. The summed E-state index contributed by atoms with van der Waals surface area (Å²) in [6.07, 6.45) is 21.6. The predicted octanol–water partition coefficient (Wildman–Crippen LogP) is 14.4. The summed E-state index contributed by atoms with van der Waals surface area (Å²) in [6, 6.07) is 15.6. The number of fused-ring (bicyclic) bond motifs is 1. The second-order valence-electron chi connectivity index (χ2n) is 20.1. The van der Waals surface area contributed by atoms with Gasteiger partial charge in [0.2, 0.25) is 6.41 Å². The van der Waals surface area contributed by atoms with E-state index in [4.69, 9.17) is 0 Å². The van der Waals surface area contributed by atoms with Crippen LogP contribution in [0.4, 0.5) is 0 Å². The first-order valence-corrected chi connectivity index (χ1v) is 25.9. The normalized spacial score (nSPS) is 14.0. The van der Waals surface area contributed by atoms with Crippen LogP contribution in [0.2, 0.25) is 0 Å². The van der Waals surface area contributed by atoms with Crippen molar-refractivity contribution in [2.75, 3.05) is 47.3 Å². The van der Waals surface area contributed by atoms with Gasteiger partial charge in [-0.05, 0) is 156 Å². The third kappa shape index (κ3) is 22.3. The maximum absolute atomic E-state index is 12.2. The number of hydrogen-bond acceptors (Lipinski definition) is 5. The summed E-state index contributed by atoms with van der Waals surface area (Å²) in [6.45, 7) is 40.0. The van der Waals surface area contributed by atoms with Crippen molar-refractivity contribution in [2.24, 2.45) is 24.3 Å². The fraction of sp³-hybridized carbons (Fsp3) is 0.557. The number of allylic oxidation sites excluding steroid dienone is 6. The van der Waals surface area contributed by atoms with Gasteiger partial charge in [0.15, 0.2) is 0 Å². The van der Waals surface area contributed by atoms with Crippen molar-refractivity contribution < 1.29 is 4.79 Å². The van der Waals surface area contributed by atoms with Crippen LogP contribution in [0.15, 0.2) is 97.7 Å². The van der Waals surface area contributed by atoms with E-state index in [0.717, 1.165) is 94.9 Å². The Labute approximate surface area is 418 Å². The molecule has 4 rings (SSSR count). The molecule has 2 unspecified atom stereocenters. The maximum Gasteiger partial charge on any atom is 0.225 e. The highest BCUT2D eigenvalue weighted by Gasteiger charge is 2.27. The number of hydrazine groups is 2. The molecule has 7 nitrogen and oxygen atoms in total. The fourth-order valence-electron chi connectivity index (χ4n) is 8.17. The van der Waals surface area contributed by atoms with E-state index < -0.39 is 0 Å². The van der Waals surface area contributed by atoms with Crippen LogP contribution in [0.1, 0.15) is 151 Å². The van der Waals surface area contributed by atoms with E-state index >= 15 is 0 Å². The Morgan fingerprint density at radius 1 is 1.01 bits per heavy atom. The van der Waals surface area contributed by atoms with Gasteiger partial charge in [0.1, 0.15) is 0 Å². The Kier molecular flexibility index (Phi) is 30.7. The molecule has 2 heterocycles. The van der Waals surface area contributed by atoms with Gasteiger partial charge in [-0.1, -0.05) is 160 Å². The minimum absolute atomic E-state index is 0.125. The number of nitrogens with one attached hydrogen (secondary N) is 2. The van der Waals surface area contributed by atoms with Gasteiger partial charge in [-0.2, -0.15) is 5.12 Å². The van der Waals surface area contributed by atoms with E-state index in [1.165, 1.54) is 69.3 Å². The molecule has 1 saturated heterocycles. The topological polar surface area (TPSA) is 55.8 Å². The molecule has 0 spiro atoms. The lowest BCUT2D eigenvalue weighted by Crippen LogP contribution is -2.57. The number of aryl methyl sites for hydroxylation is 1. The van der Waals surface area contributed by atoms with Crippen molar-refractivity contribution in [2.45, 2.75) is 153 Å². The van der Waals surface area contributed by atoms with Crippen LogP contribution in [0.25, 0.3) is 27.6 Å². The number of hydrogen-bond donors (Lipinski definition) is 2. The first-order valence-electron chi connectivity index (χ1n) is 25.9. The first kappa shape index (κ1) is 61.6. The molecule has 1 aromatic heterocycles. The van der Waals surface area contributed by atoms with Crippen molar-refractivity contribution in [3.63, 3.8) is 0 Å². The van der Waals surface area contributed by atoms with Gasteiger partial charge in [0, 0.05) is 31.0 Å². The van der Waals surface area contributed by atoms with Crippen LogP contribution in [0, 0.1) is 29.1 Å². The third-order valence-corrected chi connectivity index (χ3v) is 12.3. The number of aromatic nitrogens is 1. The van der Waals surface area contributed by atoms with Crippen LogP contribution in [0.3, 0.4) is 0 Å². The van der Waals surface area contributed by atoms with E-state index in [0.29, 0.717) is 6.42 Å². The predicted molar refractivity (Wildman–Crippen MR) is 301 cm³/mol. The third-order valence-electron chi connectivity index (χ3n) is 12.3. The Balaban J connectivity index is 0.000000864. The highest BCUT2D eigenvalue weighted by atomic mass is 16.2. The summed E-state index contributed by atoms with van der Waals surface area (Å²) in [5.41, 5.74) is 14.8. The molecule has 3 aromatic rings. The summed E-state index contributed by atoms with van der Waals surface area (Å²) < 4.78 is 2.42. The quantitative estimate of drug-likeness (QED) is 0.0455. The maximum atomic E-state index is 12.2. The number of carbonyl (C=O) groups is 1. The zero-order chi connectivity index (χ0) is 51.2. The summed E-state index contributed by atoms with van der Waals surface area (Å²) in [4.78, 5) is 14.2.